The summed E-state index contributed by atoms with van der Waals surface area (Å²) in [5.74, 6) is -2.41. The molecule has 196 valence electrons. The lowest BCUT2D eigenvalue weighted by Crippen LogP contribution is -2.50. The number of pyridine rings is 1. The first-order valence-corrected chi connectivity index (χ1v) is 11.4. The van der Waals surface area contributed by atoms with Crippen molar-refractivity contribution in [2.45, 2.75) is 18.1 Å². The van der Waals surface area contributed by atoms with E-state index in [0.29, 0.717) is 17.7 Å². The fourth-order valence-electron chi connectivity index (χ4n) is 3.98. The Morgan fingerprint density at radius 1 is 0.816 bits per heavy atom. The first-order valence-electron chi connectivity index (χ1n) is 11.0. The molecule has 0 aliphatic rings. The molecule has 0 saturated carbocycles. The summed E-state index contributed by atoms with van der Waals surface area (Å²) in [6, 6.07) is 13.6. The van der Waals surface area contributed by atoms with Crippen LogP contribution < -0.4 is 10.6 Å². The lowest BCUT2D eigenvalue weighted by molar-refractivity contribution is -0.137. The van der Waals surface area contributed by atoms with E-state index >= 15 is 0 Å². The summed E-state index contributed by atoms with van der Waals surface area (Å²) >= 11 is 5.98. The Morgan fingerprint density at radius 3 is 2.16 bits per heavy atom. The maximum atomic E-state index is 14.6. The molecule has 0 aliphatic carbocycles. The molecular formula is C27H18ClF6N3O. The van der Waals surface area contributed by atoms with Gasteiger partial charge >= 0.3 is 12.2 Å². The Hall–Kier alpha value is -4.05. The minimum Gasteiger partial charge on any atom is -0.322 e. The van der Waals surface area contributed by atoms with Gasteiger partial charge in [0.1, 0.15) is 23.0 Å². The zero-order valence-corrected chi connectivity index (χ0v) is 20.0. The minimum absolute atomic E-state index is 0.0133. The number of carbonyl (C=O) groups is 1. The summed E-state index contributed by atoms with van der Waals surface area (Å²) < 4.78 is 82.9. The number of rotatable bonds is 6. The Balaban J connectivity index is 1.91. The van der Waals surface area contributed by atoms with Gasteiger partial charge in [0.05, 0.1) is 16.3 Å². The predicted octanol–water partition coefficient (Wildman–Crippen LogP) is 7.48. The molecule has 0 aliphatic heterocycles. The van der Waals surface area contributed by atoms with Gasteiger partial charge in [0.25, 0.3) is 0 Å². The second-order valence-corrected chi connectivity index (χ2v) is 8.82. The van der Waals surface area contributed by atoms with Crippen LogP contribution in [0.15, 0.2) is 85.1 Å². The van der Waals surface area contributed by atoms with Gasteiger partial charge in [-0.15, -0.1) is 0 Å². The third kappa shape index (κ3) is 6.25. The quantitative estimate of drug-likeness (QED) is 0.245. The molecule has 4 nitrogen and oxygen atoms in total. The molecule has 0 unspecified atom stereocenters. The number of aromatic nitrogens is 1. The Kier molecular flexibility index (Phi) is 7.63. The number of halogens is 7. The molecular weight excluding hydrogens is 532 g/mol. The zero-order chi connectivity index (χ0) is 27.5. The maximum Gasteiger partial charge on any atom is 0.416 e. The van der Waals surface area contributed by atoms with Crippen molar-refractivity contribution in [3.8, 4) is 0 Å². The summed E-state index contributed by atoms with van der Waals surface area (Å²) in [5.41, 5.74) is -3.05. The van der Waals surface area contributed by atoms with Gasteiger partial charge in [-0.3, -0.25) is 4.98 Å². The first kappa shape index (κ1) is 27.0. The van der Waals surface area contributed by atoms with Crippen LogP contribution in [0.5, 0.6) is 0 Å². The number of anilines is 1. The van der Waals surface area contributed by atoms with Crippen molar-refractivity contribution in [2.75, 3.05) is 5.32 Å². The summed E-state index contributed by atoms with van der Waals surface area (Å²) in [5, 5.41) is 5.24. The predicted molar refractivity (Wildman–Crippen MR) is 130 cm³/mol. The van der Waals surface area contributed by atoms with E-state index in [1.807, 2.05) is 0 Å². The van der Waals surface area contributed by atoms with Crippen LogP contribution in [0.1, 0.15) is 22.4 Å². The fourth-order valence-corrected chi connectivity index (χ4v) is 4.09. The first-order chi connectivity index (χ1) is 17.9. The number of nitrogens with one attached hydrogen (secondary N) is 2. The van der Waals surface area contributed by atoms with Crippen molar-refractivity contribution >= 4 is 23.3 Å². The van der Waals surface area contributed by atoms with E-state index in [1.165, 1.54) is 42.6 Å². The van der Waals surface area contributed by atoms with Crippen LogP contribution in [0.4, 0.5) is 36.8 Å². The van der Waals surface area contributed by atoms with E-state index in [9.17, 15) is 31.1 Å². The molecule has 0 radical (unpaired) electrons. The molecule has 4 rings (SSSR count). The molecule has 2 amide bonds. The Morgan fingerprint density at radius 2 is 1.53 bits per heavy atom. The number of nitrogens with zero attached hydrogens (tertiary/aromatic N) is 1. The van der Waals surface area contributed by atoms with Crippen LogP contribution in [0.3, 0.4) is 0 Å². The van der Waals surface area contributed by atoms with Crippen molar-refractivity contribution in [1.82, 2.24) is 10.3 Å². The lowest BCUT2D eigenvalue weighted by Gasteiger charge is -2.36. The van der Waals surface area contributed by atoms with Gasteiger partial charge < -0.3 is 10.6 Å². The average molecular weight is 550 g/mol. The number of urea groups is 1. The van der Waals surface area contributed by atoms with E-state index in [4.69, 9.17) is 11.6 Å². The number of hydrogen-bond donors (Lipinski definition) is 2. The third-order valence-electron chi connectivity index (χ3n) is 5.67. The molecule has 2 N–H and O–H groups in total. The monoisotopic (exact) mass is 549 g/mol. The van der Waals surface area contributed by atoms with Crippen LogP contribution in [0.25, 0.3) is 0 Å². The molecule has 1 atom stereocenters. The van der Waals surface area contributed by atoms with E-state index in [0.717, 1.165) is 30.3 Å². The van der Waals surface area contributed by atoms with Crippen molar-refractivity contribution in [2.24, 2.45) is 0 Å². The summed E-state index contributed by atoms with van der Waals surface area (Å²) in [6.07, 6.45) is -3.96. The highest BCUT2D eigenvalue weighted by atomic mass is 35.5. The van der Waals surface area contributed by atoms with E-state index in [2.05, 4.69) is 15.6 Å². The van der Waals surface area contributed by atoms with Crippen molar-refractivity contribution in [3.05, 3.63) is 130 Å². The molecule has 38 heavy (non-hydrogen) atoms. The summed E-state index contributed by atoms with van der Waals surface area (Å²) in [7, 11) is 0. The highest BCUT2D eigenvalue weighted by Gasteiger charge is 2.41. The highest BCUT2D eigenvalue weighted by Crippen LogP contribution is 2.38. The molecule has 11 heteroatoms. The number of hydrogen-bond acceptors (Lipinski definition) is 2. The van der Waals surface area contributed by atoms with Gasteiger partial charge in [0.2, 0.25) is 0 Å². The van der Waals surface area contributed by atoms with Gasteiger partial charge in [0, 0.05) is 18.3 Å². The minimum atomic E-state index is -4.91. The normalized spacial score (nSPS) is 13.0. The van der Waals surface area contributed by atoms with Gasteiger partial charge in [-0.25, -0.2) is 18.0 Å². The van der Waals surface area contributed by atoms with Gasteiger partial charge in [-0.2, -0.15) is 13.2 Å². The smallest absolute Gasteiger partial charge is 0.322 e. The maximum absolute atomic E-state index is 14.6. The Labute approximate surface area is 218 Å². The van der Waals surface area contributed by atoms with Crippen molar-refractivity contribution in [1.29, 1.82) is 0 Å². The highest BCUT2D eigenvalue weighted by molar-refractivity contribution is 6.30. The van der Waals surface area contributed by atoms with E-state index in [-0.39, 0.29) is 28.4 Å². The van der Waals surface area contributed by atoms with Crippen LogP contribution in [-0.4, -0.2) is 11.0 Å². The molecule has 3 aromatic carbocycles. The SMILES string of the molecule is O=C(Nc1cccc(F)c1)N[C@](Cc1ccc(F)cc1)(c1cc(F)cc(C(F)(F)F)c1)c1ccc(Cl)cn1. The largest absolute Gasteiger partial charge is 0.416 e. The molecule has 1 aromatic heterocycles. The van der Waals surface area contributed by atoms with Gasteiger partial charge in [-0.1, -0.05) is 29.8 Å². The van der Waals surface area contributed by atoms with Crippen LogP contribution >= 0.6 is 11.6 Å². The molecule has 0 fully saturated rings. The standard InChI is InChI=1S/C27H18ClF6N3O/c28-19-6-9-24(35-15-19)26(14-16-4-7-20(29)8-5-16,17-10-18(27(32,33)34)12-22(31)11-17)37-25(38)36-23-3-1-2-21(30)13-23/h1-13,15H,14H2,(H2,36,37,38)/t26-/m1/s1. The van der Waals surface area contributed by atoms with Gasteiger partial charge in [-0.05, 0) is 71.8 Å². The summed E-state index contributed by atoms with van der Waals surface area (Å²) in [4.78, 5) is 17.4. The molecule has 1 heterocycles. The topological polar surface area (TPSA) is 54.0 Å². The van der Waals surface area contributed by atoms with Crippen molar-refractivity contribution < 1.29 is 31.1 Å². The second-order valence-electron chi connectivity index (χ2n) is 8.39. The fraction of sp³-hybridized carbons (Fsp3) is 0.111. The lowest BCUT2D eigenvalue weighted by atomic mass is 9.79. The van der Waals surface area contributed by atoms with E-state index in [1.54, 1.807) is 0 Å². The number of alkyl halides is 3. The zero-order valence-electron chi connectivity index (χ0n) is 19.3. The molecule has 4 aromatic rings. The van der Waals surface area contributed by atoms with Crippen LogP contribution in [0.2, 0.25) is 5.02 Å². The van der Waals surface area contributed by atoms with Crippen molar-refractivity contribution in [3.63, 3.8) is 0 Å². The number of benzene rings is 3. The molecule has 0 spiro atoms. The van der Waals surface area contributed by atoms with Crippen LogP contribution in [-0.2, 0) is 18.1 Å². The summed E-state index contributed by atoms with van der Waals surface area (Å²) in [6.45, 7) is 0. The Bertz CT molecular complexity index is 1440. The van der Waals surface area contributed by atoms with Crippen LogP contribution in [0, 0.1) is 17.5 Å². The van der Waals surface area contributed by atoms with Gasteiger partial charge in [0.15, 0.2) is 0 Å². The molecule has 0 bridgehead atoms. The number of amides is 2. The second kappa shape index (κ2) is 10.7. The number of carbonyl (C=O) groups excluding carboxylic acids is 1. The molecule has 0 saturated heterocycles. The third-order valence-corrected chi connectivity index (χ3v) is 5.90. The average Bonchev–Trinajstić information content (AvgIpc) is 2.84. The van der Waals surface area contributed by atoms with E-state index < -0.39 is 40.8 Å².